The van der Waals surface area contributed by atoms with Crippen molar-refractivity contribution in [1.82, 2.24) is 15.1 Å². The predicted molar refractivity (Wildman–Crippen MR) is 124 cm³/mol. The van der Waals surface area contributed by atoms with Crippen molar-refractivity contribution in [2.75, 3.05) is 31.1 Å². The molecule has 3 aliphatic heterocycles. The first-order valence-corrected chi connectivity index (χ1v) is 12.0. The third kappa shape index (κ3) is 4.35. The molecule has 0 bridgehead atoms. The van der Waals surface area contributed by atoms with Crippen LogP contribution in [0.15, 0.2) is 24.3 Å². The quantitative estimate of drug-likeness (QED) is 0.715. The van der Waals surface area contributed by atoms with Crippen LogP contribution >= 0.6 is 0 Å². The van der Waals surface area contributed by atoms with Crippen molar-refractivity contribution < 1.29 is 19.2 Å². The Labute approximate surface area is 195 Å². The first-order chi connectivity index (χ1) is 15.7. The summed E-state index contributed by atoms with van der Waals surface area (Å²) in [6.07, 6.45) is 3.05. The van der Waals surface area contributed by atoms with E-state index in [2.05, 4.69) is 5.32 Å². The minimum Gasteiger partial charge on any atom is -0.356 e. The Balaban J connectivity index is 1.41. The first kappa shape index (κ1) is 23.3. The number of nitrogens with one attached hydrogen (secondary N) is 1. The molecule has 0 spiro atoms. The number of amides is 4. The van der Waals surface area contributed by atoms with Gasteiger partial charge in [0, 0.05) is 44.9 Å². The number of fused-ring (bicyclic) bond motifs is 3. The fourth-order valence-corrected chi connectivity index (χ4v) is 5.31. The summed E-state index contributed by atoms with van der Waals surface area (Å²) in [7, 11) is 0. The first-order valence-electron chi connectivity index (χ1n) is 12.0. The summed E-state index contributed by atoms with van der Waals surface area (Å²) >= 11 is 0. The number of rotatable bonds is 6. The van der Waals surface area contributed by atoms with Crippen LogP contribution in [0.3, 0.4) is 0 Å². The number of benzene rings is 1. The molecule has 8 nitrogen and oxygen atoms in total. The van der Waals surface area contributed by atoms with Crippen LogP contribution in [0.25, 0.3) is 0 Å². The second-order valence-electron chi connectivity index (χ2n) is 9.92. The number of likely N-dealkylation sites (tertiary alicyclic amines) is 1. The highest BCUT2D eigenvalue weighted by Crippen LogP contribution is 2.44. The van der Waals surface area contributed by atoms with Gasteiger partial charge in [0.25, 0.3) is 5.91 Å². The zero-order chi connectivity index (χ0) is 23.8. The van der Waals surface area contributed by atoms with E-state index in [0.29, 0.717) is 43.7 Å². The fraction of sp³-hybridized carbons (Fsp3) is 0.600. The van der Waals surface area contributed by atoms with Gasteiger partial charge in [-0.3, -0.25) is 24.1 Å². The summed E-state index contributed by atoms with van der Waals surface area (Å²) in [4.78, 5) is 56.3. The Morgan fingerprint density at radius 2 is 1.97 bits per heavy atom. The van der Waals surface area contributed by atoms with Crippen LogP contribution in [0, 0.1) is 11.8 Å². The molecule has 2 fully saturated rings. The van der Waals surface area contributed by atoms with Gasteiger partial charge >= 0.3 is 0 Å². The Kier molecular flexibility index (Phi) is 6.45. The summed E-state index contributed by atoms with van der Waals surface area (Å²) < 4.78 is 0. The number of piperidine rings is 1. The lowest BCUT2D eigenvalue weighted by molar-refractivity contribution is -0.133. The monoisotopic (exact) mass is 454 g/mol. The molecule has 1 N–H and O–H groups in total. The minimum atomic E-state index is -0.742. The van der Waals surface area contributed by atoms with E-state index >= 15 is 0 Å². The van der Waals surface area contributed by atoms with Crippen molar-refractivity contribution in [3.8, 4) is 0 Å². The fourth-order valence-electron chi connectivity index (χ4n) is 5.31. The Bertz CT molecular complexity index is 961. The highest BCUT2D eigenvalue weighted by Gasteiger charge is 2.52. The van der Waals surface area contributed by atoms with Crippen LogP contribution < -0.4 is 10.2 Å². The number of nitrogens with zero attached hydrogens (tertiary/aromatic N) is 3. The van der Waals surface area contributed by atoms with Crippen LogP contribution in [-0.2, 0) is 14.4 Å². The van der Waals surface area contributed by atoms with Gasteiger partial charge in [0.1, 0.15) is 5.66 Å². The van der Waals surface area contributed by atoms with E-state index in [4.69, 9.17) is 0 Å². The molecule has 2 atom stereocenters. The van der Waals surface area contributed by atoms with Crippen molar-refractivity contribution in [3.05, 3.63) is 29.8 Å². The molecule has 0 saturated carbocycles. The molecule has 1 aromatic rings. The summed E-state index contributed by atoms with van der Waals surface area (Å²) in [6.45, 7) is 7.83. The third-order valence-electron chi connectivity index (χ3n) is 7.26. The topological polar surface area (TPSA) is 90.0 Å². The molecule has 8 heteroatoms. The number of para-hydroxylation sites is 1. The average Bonchev–Trinajstić information content (AvgIpc) is 3.12. The lowest BCUT2D eigenvalue weighted by atomic mass is 9.96. The molecular weight excluding hydrogens is 420 g/mol. The van der Waals surface area contributed by atoms with Crippen LogP contribution in [-0.4, -0.2) is 65.3 Å². The maximum absolute atomic E-state index is 13.3. The Hall–Kier alpha value is -2.90. The highest BCUT2D eigenvalue weighted by molar-refractivity contribution is 6.10. The molecule has 33 heavy (non-hydrogen) atoms. The molecular formula is C25H34N4O4. The molecule has 0 unspecified atom stereocenters. The van der Waals surface area contributed by atoms with Crippen molar-refractivity contribution in [2.45, 2.75) is 58.5 Å². The van der Waals surface area contributed by atoms with E-state index in [1.54, 1.807) is 21.9 Å². The van der Waals surface area contributed by atoms with Crippen LogP contribution in [0.5, 0.6) is 0 Å². The standard InChI is InChI=1S/C25H34N4O4/c1-17(2)23(32)26-15-18-7-6-13-27(16-18)21(30)11-14-28-24(33)19-8-4-5-9-20(19)29-22(31)10-12-25(28,29)3/h4-5,8-9,17-18H,6-7,10-16H2,1-3H3,(H,26,32)/t18-,25+/m1/s1. The predicted octanol–water partition coefficient (Wildman–Crippen LogP) is 2.39. The smallest absolute Gasteiger partial charge is 0.257 e. The van der Waals surface area contributed by atoms with Gasteiger partial charge in [-0.05, 0) is 44.2 Å². The largest absolute Gasteiger partial charge is 0.356 e. The highest BCUT2D eigenvalue weighted by atomic mass is 16.2. The van der Waals surface area contributed by atoms with E-state index in [-0.39, 0.29) is 48.4 Å². The number of hydrogen-bond acceptors (Lipinski definition) is 4. The zero-order valence-electron chi connectivity index (χ0n) is 19.8. The molecule has 178 valence electrons. The summed E-state index contributed by atoms with van der Waals surface area (Å²) in [5, 5.41) is 2.98. The van der Waals surface area contributed by atoms with Gasteiger partial charge in [0.2, 0.25) is 17.7 Å². The maximum atomic E-state index is 13.3. The van der Waals surface area contributed by atoms with E-state index in [1.807, 2.05) is 37.8 Å². The third-order valence-corrected chi connectivity index (χ3v) is 7.26. The average molecular weight is 455 g/mol. The molecule has 0 aliphatic carbocycles. The van der Waals surface area contributed by atoms with Gasteiger partial charge in [-0.2, -0.15) is 0 Å². The lowest BCUT2D eigenvalue weighted by Crippen LogP contribution is -2.62. The van der Waals surface area contributed by atoms with E-state index in [1.165, 1.54) is 0 Å². The molecule has 3 heterocycles. The molecule has 0 radical (unpaired) electrons. The van der Waals surface area contributed by atoms with Crippen molar-refractivity contribution in [2.24, 2.45) is 11.8 Å². The van der Waals surface area contributed by atoms with Crippen LogP contribution in [0.4, 0.5) is 5.69 Å². The summed E-state index contributed by atoms with van der Waals surface area (Å²) in [6, 6.07) is 7.21. The van der Waals surface area contributed by atoms with E-state index < -0.39 is 5.66 Å². The summed E-state index contributed by atoms with van der Waals surface area (Å²) in [5.74, 6) is 0.124. The minimum absolute atomic E-state index is 0.0103. The number of hydrogen-bond donors (Lipinski definition) is 1. The molecule has 0 aromatic heterocycles. The van der Waals surface area contributed by atoms with Gasteiger partial charge in [0.05, 0.1) is 11.3 Å². The van der Waals surface area contributed by atoms with Crippen molar-refractivity contribution in [3.63, 3.8) is 0 Å². The van der Waals surface area contributed by atoms with Gasteiger partial charge in [-0.15, -0.1) is 0 Å². The van der Waals surface area contributed by atoms with Gasteiger partial charge in [-0.25, -0.2) is 0 Å². The normalized spacial score (nSPS) is 24.7. The van der Waals surface area contributed by atoms with Crippen LogP contribution in [0.2, 0.25) is 0 Å². The molecule has 4 amide bonds. The second-order valence-corrected chi connectivity index (χ2v) is 9.92. The van der Waals surface area contributed by atoms with Gasteiger partial charge in [-0.1, -0.05) is 26.0 Å². The van der Waals surface area contributed by atoms with Crippen LogP contribution in [0.1, 0.15) is 63.2 Å². The molecule has 2 saturated heterocycles. The number of carbonyl (C=O) groups is 4. The van der Waals surface area contributed by atoms with Gasteiger partial charge in [0.15, 0.2) is 0 Å². The number of anilines is 1. The molecule has 4 rings (SSSR count). The SMILES string of the molecule is CC(C)C(=O)NC[C@H]1CCCN(C(=O)CCN2C(=O)c3ccccc3N3C(=O)CC[C@@]23C)C1. The molecule has 3 aliphatic rings. The van der Waals surface area contributed by atoms with E-state index in [0.717, 1.165) is 12.8 Å². The summed E-state index contributed by atoms with van der Waals surface area (Å²) in [5.41, 5.74) is 0.433. The maximum Gasteiger partial charge on any atom is 0.257 e. The number of carbonyl (C=O) groups excluding carboxylic acids is 4. The van der Waals surface area contributed by atoms with Gasteiger partial charge < -0.3 is 15.1 Å². The van der Waals surface area contributed by atoms with Crippen molar-refractivity contribution >= 4 is 29.3 Å². The Morgan fingerprint density at radius 3 is 2.73 bits per heavy atom. The van der Waals surface area contributed by atoms with E-state index in [9.17, 15) is 19.2 Å². The zero-order valence-corrected chi connectivity index (χ0v) is 19.8. The Morgan fingerprint density at radius 1 is 1.21 bits per heavy atom. The molecule has 1 aromatic carbocycles. The van der Waals surface area contributed by atoms with Crippen molar-refractivity contribution in [1.29, 1.82) is 0 Å². The lowest BCUT2D eigenvalue weighted by Gasteiger charge is -2.48. The second kappa shape index (κ2) is 9.15.